The van der Waals surface area contributed by atoms with Crippen molar-refractivity contribution in [3.8, 4) is 22.5 Å². The molecule has 0 spiro atoms. The maximum atomic E-state index is 13.5. The van der Waals surface area contributed by atoms with Gasteiger partial charge in [0.25, 0.3) is 0 Å². The van der Waals surface area contributed by atoms with Crippen LogP contribution in [-0.4, -0.2) is 24.7 Å². The molecule has 29 heavy (non-hydrogen) atoms. The smallest absolute Gasteiger partial charge is 0.338 e. The number of nitrogens with zero attached hydrogens (tertiary/aromatic N) is 1. The van der Waals surface area contributed by atoms with Crippen LogP contribution in [0.3, 0.4) is 0 Å². The minimum atomic E-state index is -3.87. The Kier molecular flexibility index (Phi) is 5.62. The van der Waals surface area contributed by atoms with Crippen molar-refractivity contribution in [1.82, 2.24) is 5.06 Å². The Labute approximate surface area is 170 Å². The summed E-state index contributed by atoms with van der Waals surface area (Å²) in [6.45, 7) is -0.341. The quantitative estimate of drug-likeness (QED) is 0.413. The van der Waals surface area contributed by atoms with Crippen LogP contribution in [-0.2, 0) is 16.6 Å². The number of hydroxylamine groups is 2. The second kappa shape index (κ2) is 7.84. The number of hydrogen-bond donors (Lipinski definition) is 3. The maximum absolute atomic E-state index is 13.5. The fourth-order valence-electron chi connectivity index (χ4n) is 2.64. The number of primary amides is 1. The predicted molar refractivity (Wildman–Crippen MR) is 103 cm³/mol. The zero-order valence-electron chi connectivity index (χ0n) is 14.7. The van der Waals surface area contributed by atoms with Crippen LogP contribution in [0.25, 0.3) is 22.5 Å². The molecule has 0 aliphatic rings. The van der Waals surface area contributed by atoms with Gasteiger partial charge in [-0.25, -0.2) is 22.7 Å². The lowest BCUT2D eigenvalue weighted by atomic mass is 10.0. The summed E-state index contributed by atoms with van der Waals surface area (Å²) in [5.74, 6) is -0.174. The topological polar surface area (TPSA) is 140 Å². The first-order valence-electron chi connectivity index (χ1n) is 8.03. The van der Waals surface area contributed by atoms with Crippen molar-refractivity contribution >= 4 is 27.7 Å². The van der Waals surface area contributed by atoms with Crippen LogP contribution >= 0.6 is 11.6 Å². The second-order valence-electron chi connectivity index (χ2n) is 6.05. The van der Waals surface area contributed by atoms with Crippen LogP contribution in [0.4, 0.5) is 9.18 Å². The number of sulfonamides is 1. The van der Waals surface area contributed by atoms with Gasteiger partial charge in [0.05, 0.1) is 9.92 Å². The Bertz CT molecular complexity index is 1180. The van der Waals surface area contributed by atoms with Crippen molar-refractivity contribution in [2.75, 3.05) is 0 Å². The Hall–Kier alpha value is -2.92. The lowest BCUT2D eigenvalue weighted by Gasteiger charge is -2.09. The van der Waals surface area contributed by atoms with E-state index in [1.165, 1.54) is 42.5 Å². The van der Waals surface area contributed by atoms with Gasteiger partial charge in [-0.3, -0.25) is 5.21 Å². The fraction of sp³-hybridized carbons (Fsp3) is 0.0556. The summed E-state index contributed by atoms with van der Waals surface area (Å²) in [6.07, 6.45) is 0. The molecule has 3 aromatic rings. The van der Waals surface area contributed by atoms with Gasteiger partial charge in [-0.2, -0.15) is 5.06 Å². The molecule has 8 nitrogen and oxygen atoms in total. The molecule has 2 amide bonds. The minimum Gasteiger partial charge on any atom is -0.458 e. The van der Waals surface area contributed by atoms with Crippen LogP contribution < -0.4 is 10.9 Å². The summed E-state index contributed by atoms with van der Waals surface area (Å²) in [5.41, 5.74) is 6.47. The SMILES string of the molecule is NC(=O)N(O)Cc1cc(-c2ccc(S(N)(=O)=O)cc2)c(-c2ccc(F)c(Cl)c2)o1. The van der Waals surface area contributed by atoms with Crippen molar-refractivity contribution in [2.24, 2.45) is 10.9 Å². The van der Waals surface area contributed by atoms with Crippen LogP contribution in [0.1, 0.15) is 5.76 Å². The number of halogens is 2. The molecule has 0 aliphatic heterocycles. The van der Waals surface area contributed by atoms with E-state index < -0.39 is 21.9 Å². The zero-order valence-corrected chi connectivity index (χ0v) is 16.2. The fourth-order valence-corrected chi connectivity index (χ4v) is 3.33. The number of hydrogen-bond acceptors (Lipinski definition) is 5. The monoisotopic (exact) mass is 439 g/mol. The van der Waals surface area contributed by atoms with Crippen LogP contribution in [0, 0.1) is 5.82 Å². The van der Waals surface area contributed by atoms with Gasteiger partial charge in [0.15, 0.2) is 0 Å². The number of urea groups is 1. The molecular formula is C18H15ClFN3O5S. The number of rotatable bonds is 5. The van der Waals surface area contributed by atoms with E-state index in [0.29, 0.717) is 16.7 Å². The standard InChI is InChI=1S/C18H15ClFN3O5S/c19-15-7-11(3-6-16(15)20)17-14(8-12(28-17)9-23(25)18(21)24)10-1-4-13(5-2-10)29(22,26)27/h1-8,25H,9H2,(H2,21,24)(H2,22,26,27). The van der Waals surface area contributed by atoms with Crippen molar-refractivity contribution in [1.29, 1.82) is 0 Å². The van der Waals surface area contributed by atoms with Gasteiger partial charge in [0.2, 0.25) is 10.0 Å². The molecule has 1 aromatic heterocycles. The first-order valence-corrected chi connectivity index (χ1v) is 9.96. The van der Waals surface area contributed by atoms with E-state index in [1.54, 1.807) is 0 Å². The third-order valence-corrected chi connectivity index (χ3v) is 5.24. The minimum absolute atomic E-state index is 0.0772. The van der Waals surface area contributed by atoms with Gasteiger partial charge >= 0.3 is 6.03 Å². The van der Waals surface area contributed by atoms with Gasteiger partial charge in [-0.1, -0.05) is 23.7 Å². The molecule has 0 radical (unpaired) electrons. The van der Waals surface area contributed by atoms with E-state index in [1.807, 2.05) is 0 Å². The molecule has 0 saturated carbocycles. The summed E-state index contributed by atoms with van der Waals surface area (Å²) in [4.78, 5) is 11.0. The van der Waals surface area contributed by atoms with E-state index in [0.717, 1.165) is 6.07 Å². The average Bonchev–Trinajstić information content (AvgIpc) is 3.07. The Morgan fingerprint density at radius 3 is 2.31 bits per heavy atom. The lowest BCUT2D eigenvalue weighted by molar-refractivity contribution is -0.0511. The van der Waals surface area contributed by atoms with Crippen molar-refractivity contribution in [2.45, 2.75) is 11.4 Å². The van der Waals surface area contributed by atoms with Crippen molar-refractivity contribution < 1.29 is 27.2 Å². The third kappa shape index (κ3) is 4.57. The van der Waals surface area contributed by atoms with Gasteiger partial charge in [-0.15, -0.1) is 0 Å². The highest BCUT2D eigenvalue weighted by molar-refractivity contribution is 7.89. The summed E-state index contributed by atoms with van der Waals surface area (Å²) >= 11 is 5.86. The van der Waals surface area contributed by atoms with Crippen molar-refractivity contribution in [3.63, 3.8) is 0 Å². The highest BCUT2D eigenvalue weighted by Crippen LogP contribution is 2.37. The van der Waals surface area contributed by atoms with Gasteiger partial charge in [0.1, 0.15) is 23.9 Å². The molecule has 0 fully saturated rings. The summed E-state index contributed by atoms with van der Waals surface area (Å²) in [5, 5.41) is 14.8. The van der Waals surface area contributed by atoms with Crippen LogP contribution in [0.15, 0.2) is 57.8 Å². The maximum Gasteiger partial charge on any atom is 0.338 e. The lowest BCUT2D eigenvalue weighted by Crippen LogP contribution is -2.31. The second-order valence-corrected chi connectivity index (χ2v) is 8.02. The van der Waals surface area contributed by atoms with Crippen LogP contribution in [0.5, 0.6) is 0 Å². The molecular weight excluding hydrogens is 425 g/mol. The van der Waals surface area contributed by atoms with E-state index in [-0.39, 0.29) is 33.0 Å². The zero-order chi connectivity index (χ0) is 21.3. The Balaban J connectivity index is 2.11. The molecule has 152 valence electrons. The highest BCUT2D eigenvalue weighted by atomic mass is 35.5. The summed E-state index contributed by atoms with van der Waals surface area (Å²) < 4.78 is 42.2. The summed E-state index contributed by atoms with van der Waals surface area (Å²) in [6, 6.07) is 10.1. The van der Waals surface area contributed by atoms with E-state index in [2.05, 4.69) is 0 Å². The van der Waals surface area contributed by atoms with Gasteiger partial charge < -0.3 is 10.2 Å². The van der Waals surface area contributed by atoms with E-state index in [4.69, 9.17) is 26.9 Å². The van der Waals surface area contributed by atoms with Gasteiger partial charge in [-0.05, 0) is 42.0 Å². The predicted octanol–water partition coefficient (Wildman–Crippen LogP) is 3.32. The first-order chi connectivity index (χ1) is 13.6. The molecule has 0 atom stereocenters. The first kappa shape index (κ1) is 20.8. The molecule has 1 heterocycles. The highest BCUT2D eigenvalue weighted by Gasteiger charge is 2.19. The number of carbonyl (C=O) groups is 1. The molecule has 3 rings (SSSR count). The normalized spacial score (nSPS) is 11.4. The Morgan fingerprint density at radius 2 is 1.76 bits per heavy atom. The number of benzene rings is 2. The number of primary sulfonamides is 1. The molecule has 11 heteroatoms. The molecule has 0 aliphatic carbocycles. The van der Waals surface area contributed by atoms with Gasteiger partial charge in [0, 0.05) is 11.1 Å². The number of furan rings is 1. The molecule has 0 unspecified atom stereocenters. The van der Waals surface area contributed by atoms with E-state index in [9.17, 15) is 22.8 Å². The molecule has 0 saturated heterocycles. The third-order valence-electron chi connectivity index (χ3n) is 4.02. The van der Waals surface area contributed by atoms with Crippen molar-refractivity contribution in [3.05, 3.63) is 65.1 Å². The summed E-state index contributed by atoms with van der Waals surface area (Å²) in [7, 11) is -3.87. The number of amides is 2. The Morgan fingerprint density at radius 1 is 1.14 bits per heavy atom. The molecule has 0 bridgehead atoms. The molecule has 5 N–H and O–H groups in total. The molecule has 2 aromatic carbocycles. The number of carbonyl (C=O) groups excluding carboxylic acids is 1. The van der Waals surface area contributed by atoms with Crippen LogP contribution in [0.2, 0.25) is 5.02 Å². The van der Waals surface area contributed by atoms with E-state index >= 15 is 0 Å². The average molecular weight is 440 g/mol. The largest absolute Gasteiger partial charge is 0.458 e. The number of nitrogens with two attached hydrogens (primary N) is 2.